The van der Waals surface area contributed by atoms with Crippen LogP contribution >= 0.6 is 0 Å². The molecule has 2 spiro atoms. The smallest absolute Gasteiger partial charge is 1.00 e. The van der Waals surface area contributed by atoms with Gasteiger partial charge in [0.15, 0.2) is 0 Å². The molecule has 1 heterocycles. The minimum Gasteiger partial charge on any atom is -1.00 e. The van der Waals surface area contributed by atoms with Crippen molar-refractivity contribution in [1.82, 2.24) is 0 Å². The van der Waals surface area contributed by atoms with E-state index in [1.54, 1.807) is 11.1 Å². The molecule has 1 amide bonds. The first-order valence-electron chi connectivity index (χ1n) is 7.74. The van der Waals surface area contributed by atoms with Crippen molar-refractivity contribution in [2.24, 2.45) is 28.1 Å². The summed E-state index contributed by atoms with van der Waals surface area (Å²) >= 11 is 0. The number of rotatable bonds is 3. The molecule has 2 bridgehead atoms. The zero-order valence-corrected chi connectivity index (χ0v) is 16.8. The fourth-order valence-electron chi connectivity index (χ4n) is 7.89. The molecule has 22 heavy (non-hydrogen) atoms. The van der Waals surface area contributed by atoms with Crippen molar-refractivity contribution in [2.45, 2.75) is 44.2 Å². The van der Waals surface area contributed by atoms with E-state index in [-0.39, 0.29) is 66.3 Å². The van der Waals surface area contributed by atoms with Crippen molar-refractivity contribution in [3.8, 4) is 0 Å². The maximum absolute atomic E-state index is 11.7. The number of hydrogen-bond acceptors (Lipinski definition) is 1. The van der Waals surface area contributed by atoms with Gasteiger partial charge < -0.3 is 35.3 Å². The molecular weight excluding hydrogens is 369 g/mol. The molecule has 6 fully saturated rings. The van der Waals surface area contributed by atoms with Crippen molar-refractivity contribution in [1.29, 1.82) is 0 Å². The van der Waals surface area contributed by atoms with E-state index in [0.717, 1.165) is 12.3 Å². The van der Waals surface area contributed by atoms with Crippen LogP contribution in [-0.2, 0) is 26.5 Å². The predicted octanol–water partition coefficient (Wildman–Crippen LogP) is -3.03. The Kier molecular flexibility index (Phi) is 3.20. The van der Waals surface area contributed by atoms with Gasteiger partial charge in [0.2, 0.25) is 0 Å². The molecule has 115 valence electrons. The fraction of sp³-hybridized carbons (Fsp3) is 0.750. The van der Waals surface area contributed by atoms with E-state index in [1.165, 1.54) is 18.9 Å². The predicted molar refractivity (Wildman–Crippen MR) is 75.2 cm³/mol. The summed E-state index contributed by atoms with van der Waals surface area (Å²) in [5.74, 6) is 1.41. The summed E-state index contributed by atoms with van der Waals surface area (Å²) < 4.78 is 0. The molecule has 6 unspecified atom stereocenters. The zero-order chi connectivity index (χ0) is 13.0. The van der Waals surface area contributed by atoms with Gasteiger partial charge in [-0.1, -0.05) is 23.7 Å². The Hall–Kier alpha value is 0.591. The van der Waals surface area contributed by atoms with Crippen LogP contribution in [-0.4, -0.2) is 20.0 Å². The van der Waals surface area contributed by atoms with E-state index >= 15 is 0 Å². The Morgan fingerprint density at radius 2 is 2.00 bits per heavy atom. The topological polar surface area (TPSA) is 40.9 Å². The summed E-state index contributed by atoms with van der Waals surface area (Å²) in [4.78, 5) is 11.7. The van der Waals surface area contributed by atoms with Crippen molar-refractivity contribution in [2.75, 3.05) is 0 Å². The van der Waals surface area contributed by atoms with Crippen LogP contribution in [0.2, 0.25) is 11.1 Å². The number of fused-ring (bicyclic) bond motifs is 1. The molecule has 6 atom stereocenters. The molecule has 6 aliphatic carbocycles. The first-order valence-corrected chi connectivity index (χ1v) is 9.52. The van der Waals surface area contributed by atoms with E-state index in [0.29, 0.717) is 21.8 Å². The largest absolute Gasteiger partial charge is 3.00 e. The van der Waals surface area contributed by atoms with Crippen LogP contribution in [0.25, 0.3) is 5.73 Å². The normalized spacial score (nSPS) is 55.5. The maximum atomic E-state index is 11.7. The molecule has 0 aromatic rings. The summed E-state index contributed by atoms with van der Waals surface area (Å²) in [7, 11) is -0.345. The van der Waals surface area contributed by atoms with Gasteiger partial charge in [0.25, 0.3) is 0 Å². The molecule has 0 aromatic heterocycles. The number of carbonyl (C=O) groups excluding carboxylic acids is 1. The summed E-state index contributed by atoms with van der Waals surface area (Å²) in [6, 6.07) is 1.39. The van der Waals surface area contributed by atoms with Gasteiger partial charge in [0.1, 0.15) is 0 Å². The summed E-state index contributed by atoms with van der Waals surface area (Å²) in [6.07, 6.45) is 3.56. The molecule has 7 aliphatic rings. The third-order valence-electron chi connectivity index (χ3n) is 8.26. The van der Waals surface area contributed by atoms with Gasteiger partial charge >= 0.3 is 21.7 Å². The molecule has 2 nitrogen and oxygen atoms in total. The Balaban J connectivity index is 0.000000480. The average molecular weight is 387 g/mol. The Labute approximate surface area is 160 Å². The summed E-state index contributed by atoms with van der Waals surface area (Å²) in [6.45, 7) is 4.61. The van der Waals surface area contributed by atoms with Crippen LogP contribution in [0, 0.1) is 28.1 Å². The zero-order valence-electron chi connectivity index (χ0n) is 12.7. The molecule has 1 aliphatic heterocycles. The van der Waals surface area contributed by atoms with Crippen LogP contribution in [0.1, 0.15) is 33.1 Å². The molecule has 6 heteroatoms. The van der Waals surface area contributed by atoms with Gasteiger partial charge in [-0.2, -0.15) is 0 Å². The van der Waals surface area contributed by atoms with E-state index in [4.69, 9.17) is 5.73 Å². The van der Waals surface area contributed by atoms with Crippen LogP contribution in [0.4, 0.5) is 0 Å². The van der Waals surface area contributed by atoms with Gasteiger partial charge in [0.05, 0.1) is 5.91 Å². The van der Waals surface area contributed by atoms with Crippen LogP contribution < -0.4 is 24.8 Å². The number of hydrogen-bond donors (Lipinski definition) is 0. The van der Waals surface area contributed by atoms with Crippen molar-refractivity contribution >= 4 is 20.0 Å². The van der Waals surface area contributed by atoms with Gasteiger partial charge in [-0.15, -0.1) is 0 Å². The van der Waals surface area contributed by atoms with Gasteiger partial charge in [-0.3, -0.25) is 0 Å². The first-order chi connectivity index (χ1) is 9.08. The molecule has 1 N–H and O–H groups in total. The maximum Gasteiger partial charge on any atom is 3.00 e. The molecule has 0 saturated heterocycles. The van der Waals surface area contributed by atoms with E-state index in [9.17, 15) is 4.79 Å². The van der Waals surface area contributed by atoms with E-state index in [2.05, 4.69) is 19.5 Å². The van der Waals surface area contributed by atoms with E-state index < -0.39 is 0 Å². The number of allylic oxidation sites excluding steroid dienone is 2. The number of amides is 1. The molecule has 0 aromatic carbocycles. The molecule has 7 rings (SSSR count). The first kappa shape index (κ1) is 17.4. The van der Waals surface area contributed by atoms with E-state index in [1.807, 2.05) is 0 Å². The number of nitrogens with one attached hydrogen (secondary N) is 1. The second kappa shape index (κ2) is 4.04. The van der Waals surface area contributed by atoms with Crippen LogP contribution in [0.15, 0.2) is 11.1 Å². The van der Waals surface area contributed by atoms with Crippen molar-refractivity contribution in [3.63, 3.8) is 0 Å². The van der Waals surface area contributed by atoms with Crippen molar-refractivity contribution < 1.29 is 51.3 Å². The third-order valence-corrected chi connectivity index (χ3v) is 12.0. The second-order valence-electron chi connectivity index (χ2n) is 7.88. The molecule has 1 radical (unpaired) electrons. The molecule has 6 saturated carbocycles. The Morgan fingerprint density at radius 3 is 2.45 bits per heavy atom. The average Bonchev–Trinajstić information content (AvgIpc) is 3.26. The van der Waals surface area contributed by atoms with Crippen LogP contribution in [0.5, 0.6) is 0 Å². The Bertz CT molecular complexity index is 708. The summed E-state index contributed by atoms with van der Waals surface area (Å²) in [5, 5.41) is 0.706. The van der Waals surface area contributed by atoms with Crippen LogP contribution in [0.3, 0.4) is 0 Å². The third kappa shape index (κ3) is 1.01. The minimum atomic E-state index is -0.345. The number of carbonyl (C=O) groups is 1. The van der Waals surface area contributed by atoms with Crippen molar-refractivity contribution in [3.05, 3.63) is 16.9 Å². The van der Waals surface area contributed by atoms with Gasteiger partial charge in [-0.05, 0) is 59.9 Å². The minimum absolute atomic E-state index is 0. The fourth-order valence-corrected chi connectivity index (χ4v) is 12.5. The quantitative estimate of drug-likeness (QED) is 0.476. The molecular formula is C16H18Cl2NOSiTi. The SMILES string of the molecule is CCC1=C(C)C[Si](C23CCC4(C([NH-])=O)C5C46C2C536)=C1.[Cl-].[Cl-].[Ti+3]. The monoisotopic (exact) mass is 386 g/mol. The Morgan fingerprint density at radius 1 is 1.32 bits per heavy atom. The summed E-state index contributed by atoms with van der Waals surface area (Å²) in [5.41, 5.74) is 14.6. The standard InChI is InChI=1S/C16H19NOSi.2ClH.Ti/c1-3-9-7-19(6-8(9)2)14-5-4-13(12(17)18)10-15(13)11(14)16(10,14)15;;;/h7,10-11H,3-6H2,1-2H3,(H2,17,18);2*1H;/q;;;+3/p-3. The second-order valence-corrected chi connectivity index (χ2v) is 10.5. The van der Waals surface area contributed by atoms with Gasteiger partial charge in [-0.25, -0.2) is 0 Å². The van der Waals surface area contributed by atoms with Gasteiger partial charge in [0, 0.05) is 13.8 Å². The number of halogens is 2.